The van der Waals surface area contributed by atoms with Crippen LogP contribution in [0.3, 0.4) is 0 Å². The maximum atomic E-state index is 13.3. The first-order chi connectivity index (χ1) is 20.0. The number of carbonyl (C=O) groups is 2. The van der Waals surface area contributed by atoms with Gasteiger partial charge in [-0.1, -0.05) is 55.1 Å². The molecule has 2 heterocycles. The van der Waals surface area contributed by atoms with Gasteiger partial charge in [-0.05, 0) is 47.0 Å². The van der Waals surface area contributed by atoms with E-state index in [9.17, 15) is 9.59 Å². The van der Waals surface area contributed by atoms with Gasteiger partial charge in [0.15, 0.2) is 5.65 Å². The van der Waals surface area contributed by atoms with E-state index >= 15 is 0 Å². The Bertz CT molecular complexity index is 1710. The van der Waals surface area contributed by atoms with E-state index in [-0.39, 0.29) is 12.2 Å². The number of rotatable bonds is 11. The van der Waals surface area contributed by atoms with E-state index in [1.54, 1.807) is 18.9 Å². The quantitative estimate of drug-likeness (QED) is 0.179. The molecule has 10 heteroatoms. The highest BCUT2D eigenvalue weighted by Gasteiger charge is 2.23. The van der Waals surface area contributed by atoms with Gasteiger partial charge in [-0.25, -0.2) is 14.6 Å². The summed E-state index contributed by atoms with van der Waals surface area (Å²) in [5.41, 5.74) is 4.16. The summed E-state index contributed by atoms with van der Waals surface area (Å²) in [6, 6.07) is 23.3. The highest BCUT2D eigenvalue weighted by Crippen LogP contribution is 2.35. The molecule has 0 aliphatic heterocycles. The lowest BCUT2D eigenvalue weighted by Gasteiger charge is -2.13. The smallest absolute Gasteiger partial charge is 0.243 e. The number of hydrogen-bond acceptors (Lipinski definition) is 8. The summed E-state index contributed by atoms with van der Waals surface area (Å²) in [5, 5.41) is 10.9. The topological polar surface area (TPSA) is 120 Å². The molecule has 2 N–H and O–H groups in total. The SMILES string of the molecule is C=CC(=O)NCC(=O)c1nn(Cc2ccc(OC)cc2)c2ncnc(Nc3cc(-c4ccccc4)ccc3OC)c12. The molecule has 0 atom stereocenters. The number of ketones is 1. The van der Waals surface area contributed by atoms with Gasteiger partial charge in [0, 0.05) is 0 Å². The summed E-state index contributed by atoms with van der Waals surface area (Å²) in [4.78, 5) is 34.1. The molecule has 0 spiro atoms. The van der Waals surface area contributed by atoms with Gasteiger partial charge in [0.25, 0.3) is 0 Å². The van der Waals surface area contributed by atoms with Gasteiger partial charge in [-0.3, -0.25) is 9.59 Å². The van der Waals surface area contributed by atoms with Crippen molar-refractivity contribution in [2.24, 2.45) is 0 Å². The van der Waals surface area contributed by atoms with Crippen molar-refractivity contribution in [1.29, 1.82) is 0 Å². The van der Waals surface area contributed by atoms with Crippen LogP contribution in [0, 0.1) is 0 Å². The van der Waals surface area contributed by atoms with Gasteiger partial charge in [0.2, 0.25) is 11.7 Å². The molecule has 0 aliphatic rings. The molecule has 2 aromatic heterocycles. The molecule has 0 unspecified atom stereocenters. The molecule has 41 heavy (non-hydrogen) atoms. The number of benzene rings is 3. The van der Waals surface area contributed by atoms with E-state index in [4.69, 9.17) is 9.47 Å². The van der Waals surface area contributed by atoms with Crippen LogP contribution >= 0.6 is 0 Å². The first-order valence-corrected chi connectivity index (χ1v) is 12.8. The maximum absolute atomic E-state index is 13.3. The normalized spacial score (nSPS) is 10.7. The van der Waals surface area contributed by atoms with Crippen molar-refractivity contribution in [3.05, 3.63) is 103 Å². The molecule has 3 aromatic carbocycles. The third kappa shape index (κ3) is 5.91. The van der Waals surface area contributed by atoms with E-state index < -0.39 is 11.7 Å². The minimum atomic E-state index is -0.461. The van der Waals surface area contributed by atoms with Crippen molar-refractivity contribution in [2.45, 2.75) is 6.54 Å². The minimum absolute atomic E-state index is 0.124. The van der Waals surface area contributed by atoms with Gasteiger partial charge in [0.1, 0.15) is 29.3 Å². The fraction of sp³-hybridized carbons (Fsp3) is 0.129. The second-order valence-corrected chi connectivity index (χ2v) is 9.03. The van der Waals surface area contributed by atoms with Crippen LogP contribution in [-0.4, -0.2) is 52.2 Å². The lowest BCUT2D eigenvalue weighted by molar-refractivity contribution is -0.116. The molecule has 5 aromatic rings. The summed E-state index contributed by atoms with van der Waals surface area (Å²) in [6.45, 7) is 3.52. The first-order valence-electron chi connectivity index (χ1n) is 12.8. The molecule has 0 fully saturated rings. The number of hydrogen-bond donors (Lipinski definition) is 2. The number of carbonyl (C=O) groups excluding carboxylic acids is 2. The summed E-state index contributed by atoms with van der Waals surface area (Å²) in [7, 11) is 3.19. The Labute approximate surface area is 236 Å². The maximum Gasteiger partial charge on any atom is 0.243 e. The lowest BCUT2D eigenvalue weighted by atomic mass is 10.0. The van der Waals surface area contributed by atoms with Crippen molar-refractivity contribution in [3.63, 3.8) is 0 Å². The predicted octanol–water partition coefficient (Wildman–Crippen LogP) is 4.79. The molecule has 0 radical (unpaired) electrons. The number of nitrogens with one attached hydrogen (secondary N) is 2. The fourth-order valence-corrected chi connectivity index (χ4v) is 4.38. The van der Waals surface area contributed by atoms with Crippen molar-refractivity contribution < 1.29 is 19.1 Å². The summed E-state index contributed by atoms with van der Waals surface area (Å²) < 4.78 is 12.5. The zero-order chi connectivity index (χ0) is 28.8. The standard InChI is InChI=1S/C31H28N6O4/c1-4-27(39)32-17-25(38)29-28-30(35-24-16-22(12-15-26(24)41-3)21-8-6-5-7-9-21)33-19-34-31(28)37(36-29)18-20-10-13-23(40-2)14-11-20/h4-16,19H,1,17-18H2,2-3H3,(H,32,39)(H,33,34,35). The molecular weight excluding hydrogens is 520 g/mol. The molecule has 5 rings (SSSR count). The van der Waals surface area contributed by atoms with Gasteiger partial charge in [-0.15, -0.1) is 0 Å². The number of anilines is 2. The minimum Gasteiger partial charge on any atom is -0.497 e. The number of fused-ring (bicyclic) bond motifs is 1. The van der Waals surface area contributed by atoms with Crippen molar-refractivity contribution in [1.82, 2.24) is 25.1 Å². The van der Waals surface area contributed by atoms with Crippen LogP contribution in [0.2, 0.25) is 0 Å². The zero-order valence-electron chi connectivity index (χ0n) is 22.6. The van der Waals surface area contributed by atoms with Crippen molar-refractivity contribution in [3.8, 4) is 22.6 Å². The molecule has 0 aliphatic carbocycles. The third-order valence-corrected chi connectivity index (χ3v) is 6.45. The Kier molecular flexibility index (Phi) is 8.00. The van der Waals surface area contributed by atoms with E-state index in [1.807, 2.05) is 72.8 Å². The van der Waals surface area contributed by atoms with Crippen molar-refractivity contribution in [2.75, 3.05) is 26.1 Å². The Hall–Kier alpha value is -5.51. The number of methoxy groups -OCH3 is 2. The van der Waals surface area contributed by atoms with E-state index in [2.05, 4.69) is 32.3 Å². The number of amides is 1. The Morgan fingerprint density at radius 1 is 0.951 bits per heavy atom. The zero-order valence-corrected chi connectivity index (χ0v) is 22.6. The Balaban J connectivity index is 1.59. The Morgan fingerprint density at radius 2 is 1.73 bits per heavy atom. The predicted molar refractivity (Wildman–Crippen MR) is 157 cm³/mol. The molecule has 0 saturated heterocycles. The van der Waals surface area contributed by atoms with Crippen LogP contribution in [-0.2, 0) is 11.3 Å². The van der Waals surface area contributed by atoms with Crippen LogP contribution in [0.5, 0.6) is 11.5 Å². The largest absolute Gasteiger partial charge is 0.497 e. The Morgan fingerprint density at radius 3 is 2.44 bits per heavy atom. The van der Waals surface area contributed by atoms with Gasteiger partial charge >= 0.3 is 0 Å². The van der Waals surface area contributed by atoms with Gasteiger partial charge in [0.05, 0.1) is 38.4 Å². The summed E-state index contributed by atoms with van der Waals surface area (Å²) >= 11 is 0. The number of nitrogens with zero attached hydrogens (tertiary/aromatic N) is 4. The fourth-order valence-electron chi connectivity index (χ4n) is 4.38. The van der Waals surface area contributed by atoms with Crippen LogP contribution in [0.25, 0.3) is 22.2 Å². The second-order valence-electron chi connectivity index (χ2n) is 9.03. The molecule has 10 nitrogen and oxygen atoms in total. The number of Topliss-reactive ketones (excluding diaryl/α,β-unsaturated/α-hetero) is 1. The summed E-state index contributed by atoms with van der Waals surface area (Å²) in [6.07, 6.45) is 2.52. The molecular formula is C31H28N6O4. The third-order valence-electron chi connectivity index (χ3n) is 6.45. The van der Waals surface area contributed by atoms with E-state index in [0.717, 1.165) is 28.5 Å². The average molecular weight is 549 g/mol. The van der Waals surface area contributed by atoms with Gasteiger partial charge in [-0.2, -0.15) is 5.10 Å². The molecule has 206 valence electrons. The number of aromatic nitrogens is 4. The second kappa shape index (κ2) is 12.1. The summed E-state index contributed by atoms with van der Waals surface area (Å²) in [5.74, 6) is 0.832. The monoisotopic (exact) mass is 548 g/mol. The highest BCUT2D eigenvalue weighted by molar-refractivity contribution is 6.11. The van der Waals surface area contributed by atoms with E-state index in [0.29, 0.717) is 34.8 Å². The number of ether oxygens (including phenoxy) is 2. The molecule has 0 bridgehead atoms. The first kappa shape index (κ1) is 27.1. The van der Waals surface area contributed by atoms with Crippen LogP contribution < -0.4 is 20.1 Å². The lowest BCUT2D eigenvalue weighted by Crippen LogP contribution is -2.28. The highest BCUT2D eigenvalue weighted by atomic mass is 16.5. The molecule has 1 amide bonds. The van der Waals surface area contributed by atoms with Crippen molar-refractivity contribution >= 4 is 34.2 Å². The average Bonchev–Trinajstić information content (AvgIpc) is 3.39. The molecule has 0 saturated carbocycles. The van der Waals surface area contributed by atoms with Crippen LogP contribution in [0.4, 0.5) is 11.5 Å². The van der Waals surface area contributed by atoms with Crippen LogP contribution in [0.15, 0.2) is 91.8 Å². The van der Waals surface area contributed by atoms with E-state index in [1.165, 1.54) is 6.33 Å². The van der Waals surface area contributed by atoms with Gasteiger partial charge < -0.3 is 20.1 Å². The van der Waals surface area contributed by atoms with Crippen LogP contribution in [0.1, 0.15) is 16.1 Å².